The fourth-order valence-electron chi connectivity index (χ4n) is 3.39. The molecular weight excluding hydrogens is 246 g/mol. The van der Waals surface area contributed by atoms with E-state index in [0.29, 0.717) is 17.5 Å². The lowest BCUT2D eigenvalue weighted by molar-refractivity contribution is 0.177. The van der Waals surface area contributed by atoms with Crippen molar-refractivity contribution in [1.29, 1.82) is 5.26 Å². The van der Waals surface area contributed by atoms with E-state index in [-0.39, 0.29) is 0 Å². The van der Waals surface area contributed by atoms with E-state index in [2.05, 4.69) is 57.8 Å². The Morgan fingerprint density at radius 1 is 1.25 bits per heavy atom. The number of nitrogens with zero attached hydrogens (tertiary/aromatic N) is 2. The van der Waals surface area contributed by atoms with Gasteiger partial charge in [-0.15, -0.1) is 0 Å². The average molecular weight is 279 g/mol. The van der Waals surface area contributed by atoms with Gasteiger partial charge in [0.2, 0.25) is 0 Å². The SMILES string of the molecule is CC(C)NC(C)(C#N)CC(C)N1CCC(C(C)(C)C)C1. The van der Waals surface area contributed by atoms with E-state index in [1.807, 2.05) is 6.92 Å². The van der Waals surface area contributed by atoms with Crippen molar-refractivity contribution in [2.24, 2.45) is 11.3 Å². The molecule has 0 aromatic rings. The lowest BCUT2D eigenvalue weighted by Gasteiger charge is -2.34. The Morgan fingerprint density at radius 2 is 1.85 bits per heavy atom. The molecule has 1 saturated heterocycles. The molecule has 1 heterocycles. The van der Waals surface area contributed by atoms with Crippen molar-refractivity contribution in [3.05, 3.63) is 0 Å². The summed E-state index contributed by atoms with van der Waals surface area (Å²) in [6, 6.07) is 3.27. The van der Waals surface area contributed by atoms with Crippen LogP contribution in [0.3, 0.4) is 0 Å². The summed E-state index contributed by atoms with van der Waals surface area (Å²) in [5.41, 5.74) is -0.0312. The highest BCUT2D eigenvalue weighted by Crippen LogP contribution is 2.35. The van der Waals surface area contributed by atoms with Gasteiger partial charge in [0.15, 0.2) is 0 Å². The molecule has 0 spiro atoms. The fourth-order valence-corrected chi connectivity index (χ4v) is 3.39. The van der Waals surface area contributed by atoms with Gasteiger partial charge in [0.1, 0.15) is 5.54 Å². The van der Waals surface area contributed by atoms with Crippen LogP contribution in [0.15, 0.2) is 0 Å². The van der Waals surface area contributed by atoms with Crippen molar-refractivity contribution < 1.29 is 0 Å². The Balaban J connectivity index is 2.59. The topological polar surface area (TPSA) is 39.1 Å². The number of nitriles is 1. The van der Waals surface area contributed by atoms with Gasteiger partial charge >= 0.3 is 0 Å². The summed E-state index contributed by atoms with van der Waals surface area (Å²) >= 11 is 0. The lowest BCUT2D eigenvalue weighted by atomic mass is 9.80. The highest BCUT2D eigenvalue weighted by molar-refractivity contribution is 5.06. The highest BCUT2D eigenvalue weighted by Gasteiger charge is 2.36. The van der Waals surface area contributed by atoms with Gasteiger partial charge in [0, 0.05) is 18.6 Å². The Hall–Kier alpha value is -0.590. The summed E-state index contributed by atoms with van der Waals surface area (Å²) in [6.45, 7) is 17.9. The predicted octanol–water partition coefficient (Wildman–Crippen LogP) is 3.41. The minimum atomic E-state index is -0.423. The van der Waals surface area contributed by atoms with Crippen LogP contribution in [0.2, 0.25) is 0 Å². The highest BCUT2D eigenvalue weighted by atomic mass is 15.2. The summed E-state index contributed by atoms with van der Waals surface area (Å²) in [5.74, 6) is 0.774. The summed E-state index contributed by atoms with van der Waals surface area (Å²) in [5, 5.41) is 12.9. The Bertz CT molecular complexity index is 350. The maximum atomic E-state index is 9.48. The van der Waals surface area contributed by atoms with E-state index in [4.69, 9.17) is 0 Å². The second-order valence-electron chi connectivity index (χ2n) is 8.14. The summed E-state index contributed by atoms with van der Waals surface area (Å²) < 4.78 is 0. The molecule has 1 aliphatic heterocycles. The van der Waals surface area contributed by atoms with Crippen LogP contribution < -0.4 is 5.32 Å². The first-order valence-corrected chi connectivity index (χ1v) is 8.00. The van der Waals surface area contributed by atoms with Gasteiger partial charge in [-0.05, 0) is 58.4 Å². The van der Waals surface area contributed by atoms with Crippen molar-refractivity contribution in [3.63, 3.8) is 0 Å². The van der Waals surface area contributed by atoms with E-state index in [1.165, 1.54) is 19.5 Å². The van der Waals surface area contributed by atoms with Crippen molar-refractivity contribution in [2.45, 2.75) is 78.9 Å². The molecule has 1 fully saturated rings. The number of hydrogen-bond donors (Lipinski definition) is 1. The first-order valence-electron chi connectivity index (χ1n) is 8.00. The molecule has 3 heteroatoms. The third kappa shape index (κ3) is 4.75. The molecule has 0 aromatic heterocycles. The average Bonchev–Trinajstić information content (AvgIpc) is 2.76. The van der Waals surface area contributed by atoms with Crippen LogP contribution in [0, 0.1) is 22.7 Å². The minimum absolute atomic E-state index is 0.341. The van der Waals surface area contributed by atoms with E-state index in [0.717, 1.165) is 12.3 Å². The first kappa shape index (κ1) is 17.5. The van der Waals surface area contributed by atoms with E-state index in [1.54, 1.807) is 0 Å². The van der Waals surface area contributed by atoms with Gasteiger partial charge in [-0.1, -0.05) is 20.8 Å². The van der Waals surface area contributed by atoms with Gasteiger partial charge in [-0.3, -0.25) is 5.32 Å². The second kappa shape index (κ2) is 6.45. The molecule has 0 aliphatic carbocycles. The molecule has 0 aromatic carbocycles. The van der Waals surface area contributed by atoms with Crippen LogP contribution in [-0.2, 0) is 0 Å². The van der Waals surface area contributed by atoms with Gasteiger partial charge in [0.05, 0.1) is 6.07 Å². The molecule has 1 N–H and O–H groups in total. The zero-order valence-electron chi connectivity index (χ0n) is 14.5. The van der Waals surface area contributed by atoms with E-state index < -0.39 is 5.54 Å². The second-order valence-corrected chi connectivity index (χ2v) is 8.14. The normalized spacial score (nSPS) is 25.4. The number of hydrogen-bond acceptors (Lipinski definition) is 3. The smallest absolute Gasteiger partial charge is 0.105 e. The number of likely N-dealkylation sites (tertiary alicyclic amines) is 1. The predicted molar refractivity (Wildman–Crippen MR) is 85.5 cm³/mol. The van der Waals surface area contributed by atoms with Crippen LogP contribution >= 0.6 is 0 Å². The molecule has 20 heavy (non-hydrogen) atoms. The zero-order chi connectivity index (χ0) is 15.6. The van der Waals surface area contributed by atoms with Crippen molar-refractivity contribution >= 4 is 0 Å². The third-order valence-corrected chi connectivity index (χ3v) is 4.63. The van der Waals surface area contributed by atoms with Crippen molar-refractivity contribution in [2.75, 3.05) is 13.1 Å². The standard InChI is InChI=1S/C17H33N3/c1-13(2)19-17(7,12-18)10-14(3)20-9-8-15(11-20)16(4,5)6/h13-15,19H,8-11H2,1-7H3. The fraction of sp³-hybridized carbons (Fsp3) is 0.941. The van der Waals surface area contributed by atoms with E-state index >= 15 is 0 Å². The molecule has 0 amide bonds. The van der Waals surface area contributed by atoms with Crippen LogP contribution in [0.25, 0.3) is 0 Å². The maximum Gasteiger partial charge on any atom is 0.105 e. The number of nitrogens with one attached hydrogen (secondary N) is 1. The molecule has 3 nitrogen and oxygen atoms in total. The van der Waals surface area contributed by atoms with Gasteiger partial charge in [-0.25, -0.2) is 0 Å². The summed E-state index contributed by atoms with van der Waals surface area (Å²) in [4.78, 5) is 2.56. The summed E-state index contributed by atoms with van der Waals surface area (Å²) in [7, 11) is 0. The van der Waals surface area contributed by atoms with Crippen LogP contribution in [-0.4, -0.2) is 35.6 Å². The van der Waals surface area contributed by atoms with Crippen LogP contribution in [0.4, 0.5) is 0 Å². The zero-order valence-corrected chi connectivity index (χ0v) is 14.5. The molecule has 116 valence electrons. The molecule has 3 atom stereocenters. The Morgan fingerprint density at radius 3 is 2.25 bits per heavy atom. The molecule has 3 unspecified atom stereocenters. The van der Waals surface area contributed by atoms with Crippen molar-refractivity contribution in [1.82, 2.24) is 10.2 Å². The monoisotopic (exact) mass is 279 g/mol. The molecule has 0 bridgehead atoms. The van der Waals surface area contributed by atoms with Crippen LogP contribution in [0.1, 0.15) is 61.3 Å². The van der Waals surface area contributed by atoms with Crippen molar-refractivity contribution in [3.8, 4) is 6.07 Å². The van der Waals surface area contributed by atoms with Crippen LogP contribution in [0.5, 0.6) is 0 Å². The molecular formula is C17H33N3. The minimum Gasteiger partial charge on any atom is -0.300 e. The third-order valence-electron chi connectivity index (χ3n) is 4.63. The van der Waals surface area contributed by atoms with Gasteiger partial charge in [-0.2, -0.15) is 5.26 Å². The van der Waals surface area contributed by atoms with Gasteiger partial charge in [0.25, 0.3) is 0 Å². The molecule has 1 aliphatic rings. The molecule has 0 saturated carbocycles. The van der Waals surface area contributed by atoms with E-state index in [9.17, 15) is 5.26 Å². The number of rotatable bonds is 5. The molecule has 0 radical (unpaired) electrons. The lowest BCUT2D eigenvalue weighted by Crippen LogP contribution is -2.49. The maximum absolute atomic E-state index is 9.48. The van der Waals surface area contributed by atoms with Gasteiger partial charge < -0.3 is 4.90 Å². The largest absolute Gasteiger partial charge is 0.300 e. The molecule has 1 rings (SSSR count). The first-order chi connectivity index (χ1) is 9.07. The Labute approximate surface area is 125 Å². The Kier molecular flexibility index (Phi) is 5.63. The summed E-state index contributed by atoms with van der Waals surface area (Å²) in [6.07, 6.45) is 2.17. The quantitative estimate of drug-likeness (QED) is 0.838.